The van der Waals surface area contributed by atoms with Gasteiger partial charge in [-0.3, -0.25) is 0 Å². The fourth-order valence-electron chi connectivity index (χ4n) is 3.01. The molecule has 0 bridgehead atoms. The van der Waals surface area contributed by atoms with Crippen LogP contribution < -0.4 is 0 Å². The first-order chi connectivity index (χ1) is 9.58. The van der Waals surface area contributed by atoms with Gasteiger partial charge in [0.1, 0.15) is 5.82 Å². The van der Waals surface area contributed by atoms with Gasteiger partial charge < -0.3 is 0 Å². The Hall–Kier alpha value is -1.34. The molecule has 0 heterocycles. The van der Waals surface area contributed by atoms with E-state index in [4.69, 9.17) is 11.6 Å². The predicted octanol–water partition coefficient (Wildman–Crippen LogP) is 5.53. The molecule has 20 heavy (non-hydrogen) atoms. The van der Waals surface area contributed by atoms with Gasteiger partial charge in [0.2, 0.25) is 0 Å². The maximum atomic E-state index is 13.7. The smallest absolute Gasteiger partial charge is 0.129 e. The van der Waals surface area contributed by atoms with Crippen LogP contribution in [0.2, 0.25) is 0 Å². The minimum atomic E-state index is -0.118. The van der Waals surface area contributed by atoms with Gasteiger partial charge in [0, 0.05) is 0 Å². The van der Waals surface area contributed by atoms with Crippen LogP contribution in [-0.4, -0.2) is 0 Å². The van der Waals surface area contributed by atoms with Crippen LogP contribution in [0.4, 0.5) is 4.39 Å². The summed E-state index contributed by atoms with van der Waals surface area (Å²) in [7, 11) is 0. The Bertz CT molecular complexity index is 598. The molecule has 3 rings (SSSR count). The molecule has 1 aliphatic rings. The molecule has 0 aromatic heterocycles. The van der Waals surface area contributed by atoms with Crippen LogP contribution >= 0.6 is 11.6 Å². The van der Waals surface area contributed by atoms with Crippen LogP contribution in [0.1, 0.15) is 40.0 Å². The van der Waals surface area contributed by atoms with E-state index in [2.05, 4.69) is 24.3 Å². The summed E-state index contributed by atoms with van der Waals surface area (Å²) in [5.41, 5.74) is 3.77. The zero-order chi connectivity index (χ0) is 14.3. The van der Waals surface area contributed by atoms with Crippen molar-refractivity contribution in [2.75, 3.05) is 0 Å². The van der Waals surface area contributed by atoms with E-state index in [1.807, 2.05) is 18.2 Å². The van der Waals surface area contributed by atoms with E-state index >= 15 is 0 Å². The molecule has 2 aromatic carbocycles. The van der Waals surface area contributed by atoms with E-state index < -0.39 is 0 Å². The molecule has 3 unspecified atom stereocenters. The Kier molecular flexibility index (Phi) is 3.55. The monoisotopic (exact) mass is 288 g/mol. The summed E-state index contributed by atoms with van der Waals surface area (Å²) in [4.78, 5) is 0. The molecule has 0 amide bonds. The Labute approximate surface area is 124 Å². The van der Waals surface area contributed by atoms with Crippen LogP contribution in [-0.2, 0) is 0 Å². The number of hydrogen-bond donors (Lipinski definition) is 0. The first-order valence-electron chi connectivity index (χ1n) is 7.03. The van der Waals surface area contributed by atoms with Gasteiger partial charge in [0.05, 0.1) is 5.38 Å². The molecule has 1 saturated carbocycles. The van der Waals surface area contributed by atoms with Crippen molar-refractivity contribution in [1.29, 1.82) is 0 Å². The number of aryl methyl sites for hydroxylation is 2. The SMILES string of the molecule is Cc1cc(C(Cl)C2CC2c2ccccc2)cc(C)c1F. The van der Waals surface area contributed by atoms with Gasteiger partial charge in [-0.25, -0.2) is 4.39 Å². The number of alkyl halides is 1. The second kappa shape index (κ2) is 5.21. The van der Waals surface area contributed by atoms with E-state index in [1.54, 1.807) is 13.8 Å². The van der Waals surface area contributed by atoms with Crippen LogP contribution in [0.15, 0.2) is 42.5 Å². The second-order valence-electron chi connectivity index (χ2n) is 5.79. The molecule has 0 N–H and O–H groups in total. The van der Waals surface area contributed by atoms with Crippen LogP contribution in [0.3, 0.4) is 0 Å². The van der Waals surface area contributed by atoms with Crippen LogP contribution in [0.25, 0.3) is 0 Å². The summed E-state index contributed by atoms with van der Waals surface area (Å²) < 4.78 is 13.7. The number of halogens is 2. The Morgan fingerprint density at radius 2 is 1.70 bits per heavy atom. The van der Waals surface area contributed by atoms with Crippen molar-refractivity contribution < 1.29 is 4.39 Å². The minimum Gasteiger partial charge on any atom is -0.206 e. The van der Waals surface area contributed by atoms with Crippen molar-refractivity contribution in [1.82, 2.24) is 0 Å². The normalized spacial score (nSPS) is 22.6. The first-order valence-corrected chi connectivity index (χ1v) is 7.47. The van der Waals surface area contributed by atoms with Crippen molar-refractivity contribution in [2.45, 2.75) is 31.6 Å². The van der Waals surface area contributed by atoms with E-state index in [1.165, 1.54) is 5.56 Å². The highest BCUT2D eigenvalue weighted by Gasteiger charge is 2.43. The van der Waals surface area contributed by atoms with Crippen molar-refractivity contribution in [2.24, 2.45) is 5.92 Å². The molecule has 1 aliphatic carbocycles. The largest absolute Gasteiger partial charge is 0.206 e. The standard InChI is InChI=1S/C18H18ClF/c1-11-8-14(9-12(2)18(11)20)17(19)16-10-15(16)13-6-4-3-5-7-13/h3-9,15-17H,10H2,1-2H3. The van der Waals surface area contributed by atoms with Gasteiger partial charge in [-0.1, -0.05) is 42.5 Å². The molecule has 104 valence electrons. The average molecular weight is 289 g/mol. The maximum Gasteiger partial charge on any atom is 0.129 e. The molecule has 0 radical (unpaired) electrons. The summed E-state index contributed by atoms with van der Waals surface area (Å²) in [6, 6.07) is 14.3. The molecule has 0 aliphatic heterocycles. The van der Waals surface area contributed by atoms with Crippen LogP contribution in [0.5, 0.6) is 0 Å². The summed E-state index contributed by atoms with van der Waals surface area (Å²) >= 11 is 6.62. The topological polar surface area (TPSA) is 0 Å². The minimum absolute atomic E-state index is 0.0294. The summed E-state index contributed by atoms with van der Waals surface area (Å²) in [5, 5.41) is -0.0294. The van der Waals surface area contributed by atoms with Gasteiger partial charge in [-0.2, -0.15) is 0 Å². The maximum absolute atomic E-state index is 13.7. The molecule has 0 saturated heterocycles. The third-order valence-corrected chi connectivity index (χ3v) is 4.80. The van der Waals surface area contributed by atoms with Crippen molar-refractivity contribution in [3.63, 3.8) is 0 Å². The number of hydrogen-bond acceptors (Lipinski definition) is 0. The van der Waals surface area contributed by atoms with Gasteiger partial charge in [0.25, 0.3) is 0 Å². The molecular formula is C18H18ClF. The van der Waals surface area contributed by atoms with Crippen molar-refractivity contribution in [3.05, 3.63) is 70.5 Å². The second-order valence-corrected chi connectivity index (χ2v) is 6.26. The zero-order valence-corrected chi connectivity index (χ0v) is 12.5. The average Bonchev–Trinajstić information content (AvgIpc) is 3.25. The highest BCUT2D eigenvalue weighted by atomic mass is 35.5. The molecule has 3 atom stereocenters. The van der Waals surface area contributed by atoms with Gasteiger partial charge >= 0.3 is 0 Å². The lowest BCUT2D eigenvalue weighted by atomic mass is 9.99. The zero-order valence-electron chi connectivity index (χ0n) is 11.7. The predicted molar refractivity (Wildman–Crippen MR) is 81.8 cm³/mol. The Balaban J connectivity index is 1.80. The molecule has 2 heteroatoms. The fraction of sp³-hybridized carbons (Fsp3) is 0.333. The third kappa shape index (κ3) is 2.47. The Morgan fingerprint density at radius 1 is 1.10 bits per heavy atom. The number of rotatable bonds is 3. The lowest BCUT2D eigenvalue weighted by Gasteiger charge is -2.13. The lowest BCUT2D eigenvalue weighted by molar-refractivity contribution is 0.607. The van der Waals surface area contributed by atoms with Gasteiger partial charge in [-0.05, 0) is 54.4 Å². The summed E-state index contributed by atoms with van der Waals surface area (Å²) in [6.45, 7) is 3.61. The molecule has 0 nitrogen and oxygen atoms in total. The number of benzene rings is 2. The fourth-order valence-corrected chi connectivity index (χ4v) is 3.41. The molecular weight excluding hydrogens is 271 g/mol. The van der Waals surface area contributed by atoms with Gasteiger partial charge in [0.15, 0.2) is 0 Å². The summed E-state index contributed by atoms with van der Waals surface area (Å²) in [5.74, 6) is 0.890. The van der Waals surface area contributed by atoms with E-state index in [9.17, 15) is 4.39 Å². The van der Waals surface area contributed by atoms with E-state index in [-0.39, 0.29) is 11.2 Å². The van der Waals surface area contributed by atoms with Crippen LogP contribution in [0, 0.1) is 25.6 Å². The van der Waals surface area contributed by atoms with Crippen molar-refractivity contribution >= 4 is 11.6 Å². The van der Waals surface area contributed by atoms with E-state index in [0.717, 1.165) is 12.0 Å². The van der Waals surface area contributed by atoms with Crippen molar-refractivity contribution in [3.8, 4) is 0 Å². The highest BCUT2D eigenvalue weighted by molar-refractivity contribution is 6.21. The highest BCUT2D eigenvalue weighted by Crippen LogP contribution is 2.56. The Morgan fingerprint density at radius 3 is 2.30 bits per heavy atom. The summed E-state index contributed by atoms with van der Waals surface area (Å²) in [6.07, 6.45) is 1.12. The quantitative estimate of drug-likeness (QED) is 0.652. The van der Waals surface area contributed by atoms with E-state index in [0.29, 0.717) is 23.0 Å². The van der Waals surface area contributed by atoms with Gasteiger partial charge in [-0.15, -0.1) is 11.6 Å². The molecule has 2 aromatic rings. The third-order valence-electron chi connectivity index (χ3n) is 4.22. The first kappa shape index (κ1) is 13.6. The lowest BCUT2D eigenvalue weighted by Crippen LogP contribution is -1.99. The molecule has 1 fully saturated rings. The molecule has 0 spiro atoms.